The Morgan fingerprint density at radius 3 is 2.28 bits per heavy atom. The van der Waals surface area contributed by atoms with Crippen molar-refractivity contribution >= 4 is 23.2 Å². The first kappa shape index (κ1) is 16.5. The van der Waals surface area contributed by atoms with E-state index in [0.29, 0.717) is 22.8 Å². The first-order valence-electron chi connectivity index (χ1n) is 7.69. The number of furan rings is 1. The molecular formula is C18H17N3O4. The number of hydrogen-bond acceptors (Lipinski definition) is 5. The Morgan fingerprint density at radius 2 is 1.72 bits per heavy atom. The highest BCUT2D eigenvalue weighted by atomic mass is 16.5. The molecule has 7 heteroatoms. The molecule has 2 heterocycles. The summed E-state index contributed by atoms with van der Waals surface area (Å²) in [4.78, 5) is 24.0. The Kier molecular flexibility index (Phi) is 4.65. The van der Waals surface area contributed by atoms with E-state index in [-0.39, 0.29) is 24.0 Å². The van der Waals surface area contributed by atoms with E-state index in [1.807, 2.05) is 0 Å². The van der Waals surface area contributed by atoms with Gasteiger partial charge in [0.05, 0.1) is 18.4 Å². The monoisotopic (exact) mass is 339 g/mol. The number of rotatable bonds is 5. The average Bonchev–Trinajstić information content (AvgIpc) is 3.23. The number of aryl methyl sites for hydroxylation is 2. The van der Waals surface area contributed by atoms with Crippen LogP contribution in [0.5, 0.6) is 0 Å². The van der Waals surface area contributed by atoms with Gasteiger partial charge in [0.2, 0.25) is 5.91 Å². The second-order valence-corrected chi connectivity index (χ2v) is 5.54. The minimum atomic E-state index is -0.333. The van der Waals surface area contributed by atoms with Crippen LogP contribution in [0.3, 0.4) is 0 Å². The van der Waals surface area contributed by atoms with Crippen molar-refractivity contribution in [3.05, 3.63) is 65.4 Å². The summed E-state index contributed by atoms with van der Waals surface area (Å²) in [5.74, 6) is 0.377. The molecule has 0 aliphatic carbocycles. The number of carbonyl (C=O) groups excluding carboxylic acids is 2. The van der Waals surface area contributed by atoms with E-state index in [9.17, 15) is 9.59 Å². The van der Waals surface area contributed by atoms with Crippen LogP contribution in [0, 0.1) is 13.8 Å². The summed E-state index contributed by atoms with van der Waals surface area (Å²) < 4.78 is 10.1. The lowest BCUT2D eigenvalue weighted by molar-refractivity contribution is -0.115. The lowest BCUT2D eigenvalue weighted by Gasteiger charge is -2.07. The molecule has 25 heavy (non-hydrogen) atoms. The predicted octanol–water partition coefficient (Wildman–Crippen LogP) is 3.32. The number of carbonyl (C=O) groups is 2. The first-order chi connectivity index (χ1) is 12.0. The summed E-state index contributed by atoms with van der Waals surface area (Å²) in [7, 11) is 0. The molecular weight excluding hydrogens is 322 g/mol. The number of nitrogens with zero attached hydrogens (tertiary/aromatic N) is 1. The van der Waals surface area contributed by atoms with E-state index in [4.69, 9.17) is 8.94 Å². The molecule has 2 amide bonds. The van der Waals surface area contributed by atoms with Crippen molar-refractivity contribution in [3.8, 4) is 0 Å². The Bertz CT molecular complexity index is 860. The number of benzene rings is 1. The SMILES string of the molecule is Cc1noc(C)c1CC(=O)Nc1ccc(NC(=O)c2ccco2)cc1. The van der Waals surface area contributed by atoms with Crippen LogP contribution in [0.25, 0.3) is 0 Å². The van der Waals surface area contributed by atoms with Gasteiger partial charge in [-0.1, -0.05) is 5.16 Å². The van der Waals surface area contributed by atoms with Crippen LogP contribution in [-0.2, 0) is 11.2 Å². The zero-order valence-corrected chi connectivity index (χ0v) is 13.8. The topological polar surface area (TPSA) is 97.4 Å². The molecule has 0 radical (unpaired) electrons. The van der Waals surface area contributed by atoms with Gasteiger partial charge in [-0.2, -0.15) is 0 Å². The third-order valence-electron chi connectivity index (χ3n) is 3.69. The van der Waals surface area contributed by atoms with Crippen molar-refractivity contribution in [1.82, 2.24) is 5.16 Å². The molecule has 0 aliphatic rings. The summed E-state index contributed by atoms with van der Waals surface area (Å²) in [5, 5.41) is 9.35. The maximum atomic E-state index is 12.1. The van der Waals surface area contributed by atoms with Crippen molar-refractivity contribution in [2.75, 3.05) is 10.6 Å². The first-order valence-corrected chi connectivity index (χ1v) is 7.69. The lowest BCUT2D eigenvalue weighted by atomic mass is 10.1. The van der Waals surface area contributed by atoms with Crippen molar-refractivity contribution in [2.45, 2.75) is 20.3 Å². The fourth-order valence-corrected chi connectivity index (χ4v) is 2.36. The summed E-state index contributed by atoms with van der Waals surface area (Å²) >= 11 is 0. The quantitative estimate of drug-likeness (QED) is 0.743. The predicted molar refractivity (Wildman–Crippen MR) is 91.4 cm³/mol. The molecule has 0 atom stereocenters. The molecule has 7 nitrogen and oxygen atoms in total. The van der Waals surface area contributed by atoms with Crippen LogP contribution in [0.15, 0.2) is 51.6 Å². The summed E-state index contributed by atoms with van der Waals surface area (Å²) in [6.45, 7) is 3.58. The van der Waals surface area contributed by atoms with Crippen LogP contribution in [0.1, 0.15) is 27.6 Å². The van der Waals surface area contributed by atoms with Crippen LogP contribution in [0.2, 0.25) is 0 Å². The van der Waals surface area contributed by atoms with Gasteiger partial charge >= 0.3 is 0 Å². The molecule has 0 fully saturated rings. The molecule has 2 N–H and O–H groups in total. The zero-order chi connectivity index (χ0) is 17.8. The number of anilines is 2. The van der Waals surface area contributed by atoms with E-state index in [1.54, 1.807) is 50.2 Å². The third kappa shape index (κ3) is 3.95. The molecule has 2 aromatic heterocycles. The highest BCUT2D eigenvalue weighted by molar-refractivity contribution is 6.02. The van der Waals surface area contributed by atoms with E-state index in [1.165, 1.54) is 6.26 Å². The number of amides is 2. The third-order valence-corrected chi connectivity index (χ3v) is 3.69. The molecule has 1 aromatic carbocycles. The van der Waals surface area contributed by atoms with Gasteiger partial charge in [0, 0.05) is 16.9 Å². The van der Waals surface area contributed by atoms with Crippen molar-refractivity contribution in [2.24, 2.45) is 0 Å². The van der Waals surface area contributed by atoms with Gasteiger partial charge in [-0.15, -0.1) is 0 Å². The Morgan fingerprint density at radius 1 is 1.04 bits per heavy atom. The highest BCUT2D eigenvalue weighted by Gasteiger charge is 2.14. The summed E-state index contributed by atoms with van der Waals surface area (Å²) in [6.07, 6.45) is 1.63. The zero-order valence-electron chi connectivity index (χ0n) is 13.8. The Balaban J connectivity index is 1.59. The summed E-state index contributed by atoms with van der Waals surface area (Å²) in [5.41, 5.74) is 2.74. The van der Waals surface area contributed by atoms with Gasteiger partial charge in [-0.05, 0) is 50.2 Å². The standard InChI is InChI=1S/C18H17N3O4/c1-11-15(12(2)25-21-11)10-17(22)19-13-5-7-14(8-6-13)20-18(23)16-4-3-9-24-16/h3-9H,10H2,1-2H3,(H,19,22)(H,20,23). The van der Waals surface area contributed by atoms with Crippen molar-refractivity contribution in [1.29, 1.82) is 0 Å². The molecule has 3 rings (SSSR count). The highest BCUT2D eigenvalue weighted by Crippen LogP contribution is 2.17. The van der Waals surface area contributed by atoms with Gasteiger partial charge in [0.25, 0.3) is 5.91 Å². The minimum absolute atomic E-state index is 0.165. The summed E-state index contributed by atoms with van der Waals surface area (Å²) in [6, 6.07) is 10.1. The lowest BCUT2D eigenvalue weighted by Crippen LogP contribution is -2.15. The van der Waals surface area contributed by atoms with Gasteiger partial charge in [-0.3, -0.25) is 9.59 Å². The Labute approximate surface area is 144 Å². The average molecular weight is 339 g/mol. The smallest absolute Gasteiger partial charge is 0.291 e. The van der Waals surface area contributed by atoms with Crippen molar-refractivity contribution < 1.29 is 18.5 Å². The molecule has 0 bridgehead atoms. The fraction of sp³-hybridized carbons (Fsp3) is 0.167. The number of hydrogen-bond donors (Lipinski definition) is 2. The second kappa shape index (κ2) is 7.04. The van der Waals surface area contributed by atoms with E-state index < -0.39 is 0 Å². The number of nitrogens with one attached hydrogen (secondary N) is 2. The molecule has 0 spiro atoms. The second-order valence-electron chi connectivity index (χ2n) is 5.54. The van der Waals surface area contributed by atoms with Crippen LogP contribution < -0.4 is 10.6 Å². The van der Waals surface area contributed by atoms with E-state index in [0.717, 1.165) is 5.56 Å². The molecule has 0 saturated carbocycles. The molecule has 0 unspecified atom stereocenters. The van der Waals surface area contributed by atoms with Gasteiger partial charge in [-0.25, -0.2) is 0 Å². The van der Waals surface area contributed by atoms with E-state index in [2.05, 4.69) is 15.8 Å². The van der Waals surface area contributed by atoms with Gasteiger partial charge in [0.15, 0.2) is 5.76 Å². The van der Waals surface area contributed by atoms with Crippen molar-refractivity contribution in [3.63, 3.8) is 0 Å². The van der Waals surface area contributed by atoms with Crippen LogP contribution in [0.4, 0.5) is 11.4 Å². The maximum Gasteiger partial charge on any atom is 0.291 e. The van der Waals surface area contributed by atoms with Gasteiger partial charge in [0.1, 0.15) is 5.76 Å². The largest absolute Gasteiger partial charge is 0.459 e. The fourth-order valence-electron chi connectivity index (χ4n) is 2.36. The molecule has 0 aliphatic heterocycles. The van der Waals surface area contributed by atoms with Crippen LogP contribution in [-0.4, -0.2) is 17.0 Å². The molecule has 128 valence electrons. The van der Waals surface area contributed by atoms with E-state index >= 15 is 0 Å². The minimum Gasteiger partial charge on any atom is -0.459 e. The molecule has 0 saturated heterocycles. The van der Waals surface area contributed by atoms with Crippen LogP contribution >= 0.6 is 0 Å². The van der Waals surface area contributed by atoms with Gasteiger partial charge < -0.3 is 19.6 Å². The normalized spacial score (nSPS) is 10.5. The maximum absolute atomic E-state index is 12.1. The molecule has 3 aromatic rings. The Hall–Kier alpha value is -3.35. The number of aromatic nitrogens is 1.